The van der Waals surface area contributed by atoms with Crippen LogP contribution in [0.3, 0.4) is 0 Å². The highest BCUT2D eigenvalue weighted by molar-refractivity contribution is 5.93. The number of rotatable bonds is 3. The average Bonchev–Trinajstić information content (AvgIpc) is 3.80. The van der Waals surface area contributed by atoms with Gasteiger partial charge >= 0.3 is 0 Å². The van der Waals surface area contributed by atoms with Crippen LogP contribution in [-0.4, -0.2) is 67.0 Å². The van der Waals surface area contributed by atoms with E-state index in [1.165, 1.54) is 22.6 Å². The third-order valence-corrected chi connectivity index (χ3v) is 8.34. The van der Waals surface area contributed by atoms with Gasteiger partial charge < -0.3 is 25.6 Å². The van der Waals surface area contributed by atoms with Crippen LogP contribution in [0, 0.1) is 11.7 Å². The molecule has 4 atom stereocenters. The largest absolute Gasteiger partial charge is 0.489 e. The molecule has 1 unspecified atom stereocenters. The molecule has 0 spiro atoms. The van der Waals surface area contributed by atoms with Gasteiger partial charge in [-0.15, -0.1) is 0 Å². The maximum atomic E-state index is 13.6. The summed E-state index contributed by atoms with van der Waals surface area (Å²) in [6, 6.07) is 10.1. The minimum atomic E-state index is -0.867. The molecule has 9 heteroatoms. The Kier molecular flexibility index (Phi) is 8.69. The number of hydrogen-bond donors (Lipinski definition) is 3. The van der Waals surface area contributed by atoms with E-state index in [-0.39, 0.29) is 36.1 Å². The normalized spacial score (nSPS) is 26.7. The number of para-hydroxylation sites is 1. The van der Waals surface area contributed by atoms with Crippen LogP contribution in [0.15, 0.2) is 42.5 Å². The van der Waals surface area contributed by atoms with Crippen LogP contribution >= 0.6 is 0 Å². The molecule has 1 fully saturated rings. The van der Waals surface area contributed by atoms with Crippen molar-refractivity contribution in [1.82, 2.24) is 20.9 Å². The van der Waals surface area contributed by atoms with Gasteiger partial charge in [0.1, 0.15) is 29.8 Å². The lowest BCUT2D eigenvalue weighted by atomic mass is 9.96. The van der Waals surface area contributed by atoms with Crippen LogP contribution in [0.2, 0.25) is 0 Å². The third-order valence-electron chi connectivity index (χ3n) is 8.34. The van der Waals surface area contributed by atoms with E-state index in [0.29, 0.717) is 19.5 Å². The summed E-state index contributed by atoms with van der Waals surface area (Å²) >= 11 is 0. The quantitative estimate of drug-likeness (QED) is 0.546. The summed E-state index contributed by atoms with van der Waals surface area (Å²) in [6.45, 7) is 2.66. The summed E-state index contributed by atoms with van der Waals surface area (Å²) in [6.07, 6.45) is 5.33. The van der Waals surface area contributed by atoms with Crippen molar-refractivity contribution in [1.29, 1.82) is 0 Å². The number of amides is 3. The van der Waals surface area contributed by atoms with Gasteiger partial charge in [0.15, 0.2) is 0 Å². The number of nitrogens with one attached hydrogen (secondary N) is 3. The van der Waals surface area contributed by atoms with Gasteiger partial charge in [-0.1, -0.05) is 30.3 Å². The first kappa shape index (κ1) is 28.1. The summed E-state index contributed by atoms with van der Waals surface area (Å²) in [5.41, 5.74) is 3.02. The molecule has 8 nitrogen and oxygen atoms in total. The first-order chi connectivity index (χ1) is 19.3. The van der Waals surface area contributed by atoms with Crippen molar-refractivity contribution in [3.8, 4) is 5.75 Å². The summed E-state index contributed by atoms with van der Waals surface area (Å²) < 4.78 is 19.9. The van der Waals surface area contributed by atoms with Crippen LogP contribution < -0.4 is 20.7 Å². The molecule has 1 saturated carbocycles. The Bertz CT molecular complexity index is 1230. The molecule has 1 aliphatic carbocycles. The van der Waals surface area contributed by atoms with Gasteiger partial charge in [-0.25, -0.2) is 4.39 Å². The van der Waals surface area contributed by atoms with E-state index in [0.717, 1.165) is 49.0 Å². The number of carbonyl (C=O) groups excluding carboxylic acids is 3. The lowest BCUT2D eigenvalue weighted by Gasteiger charge is -2.32. The van der Waals surface area contributed by atoms with E-state index in [4.69, 9.17) is 4.74 Å². The maximum Gasteiger partial charge on any atom is 0.243 e. The molecule has 40 heavy (non-hydrogen) atoms. The van der Waals surface area contributed by atoms with Crippen LogP contribution in [-0.2, 0) is 33.6 Å². The number of likely N-dealkylation sites (N-methyl/N-ethyl adjacent to an activating group) is 1. The molecule has 2 aliphatic heterocycles. The highest BCUT2D eigenvalue weighted by atomic mass is 19.1. The van der Waals surface area contributed by atoms with Gasteiger partial charge in [0, 0.05) is 26.6 Å². The van der Waals surface area contributed by atoms with E-state index in [1.807, 2.05) is 6.07 Å². The molecule has 2 aromatic rings. The van der Waals surface area contributed by atoms with E-state index in [9.17, 15) is 18.8 Å². The van der Waals surface area contributed by atoms with Crippen molar-refractivity contribution in [3.05, 3.63) is 65.0 Å². The van der Waals surface area contributed by atoms with Crippen molar-refractivity contribution >= 4 is 17.7 Å². The molecule has 3 amide bonds. The van der Waals surface area contributed by atoms with Gasteiger partial charge in [0.25, 0.3) is 0 Å². The SMILES string of the molecule is C[C@@H]1C(=O)N[C@H](Cc2ccc(F)cc2)C(=O)NCCCc2cccc3c2OC(CC3)CN[C@@H](C2CC2)C(=O)N1C. The summed E-state index contributed by atoms with van der Waals surface area (Å²) in [4.78, 5) is 41.6. The number of fused-ring (bicyclic) bond motifs is 1. The van der Waals surface area contributed by atoms with Crippen molar-refractivity contribution in [2.45, 2.75) is 76.1 Å². The molecule has 0 radical (unpaired) electrons. The highest BCUT2D eigenvalue weighted by Gasteiger charge is 2.40. The lowest BCUT2D eigenvalue weighted by Crippen LogP contribution is -2.57. The zero-order valence-corrected chi connectivity index (χ0v) is 23.3. The van der Waals surface area contributed by atoms with Crippen LogP contribution in [0.4, 0.5) is 4.39 Å². The summed E-state index contributed by atoms with van der Waals surface area (Å²) in [5, 5.41) is 9.29. The van der Waals surface area contributed by atoms with Crippen molar-refractivity contribution in [2.24, 2.45) is 5.92 Å². The Labute approximate surface area is 235 Å². The van der Waals surface area contributed by atoms with Gasteiger partial charge in [-0.2, -0.15) is 0 Å². The first-order valence-electron chi connectivity index (χ1n) is 14.4. The minimum absolute atomic E-state index is 0.0421. The molecule has 3 aliphatic rings. The van der Waals surface area contributed by atoms with Gasteiger partial charge in [0.2, 0.25) is 17.7 Å². The summed E-state index contributed by atoms with van der Waals surface area (Å²) in [5.74, 6) is -0.0703. The minimum Gasteiger partial charge on any atom is -0.489 e. The molecule has 2 aromatic carbocycles. The van der Waals surface area contributed by atoms with Crippen molar-refractivity contribution < 1.29 is 23.5 Å². The Morgan fingerprint density at radius 1 is 0.975 bits per heavy atom. The standard InChI is InChI=1S/C31H39FN4O4/c1-19-29(37)35-26(17-20-8-13-24(32)14-9-20)30(38)33-16-4-7-22-5-3-6-23-12-15-25(40-28(22)23)18-34-27(21-10-11-21)31(39)36(19)2/h3,5-6,8-9,13-14,19,21,25-27,34H,4,7,10-12,15-18H2,1-2H3,(H,33,38)(H,35,37)/t19-,25?,26-,27+/m1/s1. The predicted octanol–water partition coefficient (Wildman–Crippen LogP) is 2.52. The number of nitrogens with zero attached hydrogens (tertiary/aromatic N) is 1. The van der Waals surface area contributed by atoms with Crippen LogP contribution in [0.5, 0.6) is 5.75 Å². The van der Waals surface area contributed by atoms with Gasteiger partial charge in [0.05, 0.1) is 6.04 Å². The molecular weight excluding hydrogens is 511 g/mol. The molecule has 0 saturated heterocycles. The second kappa shape index (κ2) is 12.4. The van der Waals surface area contributed by atoms with E-state index in [1.54, 1.807) is 26.1 Å². The molecule has 214 valence electrons. The fourth-order valence-electron chi connectivity index (χ4n) is 5.57. The Morgan fingerprint density at radius 3 is 2.42 bits per heavy atom. The molecular formula is C31H39FN4O4. The van der Waals surface area contributed by atoms with Crippen molar-refractivity contribution in [3.63, 3.8) is 0 Å². The van der Waals surface area contributed by atoms with E-state index >= 15 is 0 Å². The highest BCUT2D eigenvalue weighted by Crippen LogP contribution is 2.35. The topological polar surface area (TPSA) is 99.8 Å². The van der Waals surface area contributed by atoms with Gasteiger partial charge in [-0.05, 0) is 80.2 Å². The Hall–Kier alpha value is -3.46. The van der Waals surface area contributed by atoms with E-state index in [2.05, 4.69) is 28.1 Å². The molecule has 0 aromatic heterocycles. The fourth-order valence-corrected chi connectivity index (χ4v) is 5.57. The second-order valence-corrected chi connectivity index (χ2v) is 11.3. The average molecular weight is 551 g/mol. The fraction of sp³-hybridized carbons (Fsp3) is 0.516. The molecule has 2 bridgehead atoms. The Morgan fingerprint density at radius 2 is 1.70 bits per heavy atom. The monoisotopic (exact) mass is 550 g/mol. The third kappa shape index (κ3) is 6.63. The zero-order valence-electron chi connectivity index (χ0n) is 23.3. The zero-order chi connectivity index (χ0) is 28.2. The van der Waals surface area contributed by atoms with Crippen LogP contribution in [0.25, 0.3) is 0 Å². The molecule has 3 N–H and O–H groups in total. The number of benzene rings is 2. The molecule has 5 rings (SSSR count). The van der Waals surface area contributed by atoms with Crippen molar-refractivity contribution in [2.75, 3.05) is 20.1 Å². The number of halogens is 1. The van der Waals surface area contributed by atoms with Gasteiger partial charge in [-0.3, -0.25) is 14.4 Å². The number of carbonyl (C=O) groups is 3. The van der Waals surface area contributed by atoms with Crippen LogP contribution in [0.1, 0.15) is 49.3 Å². The maximum absolute atomic E-state index is 13.6. The number of hydrogen-bond acceptors (Lipinski definition) is 5. The first-order valence-corrected chi connectivity index (χ1v) is 14.4. The predicted molar refractivity (Wildman–Crippen MR) is 149 cm³/mol. The number of aryl methyl sites for hydroxylation is 2. The number of ether oxygens (including phenoxy) is 1. The summed E-state index contributed by atoms with van der Waals surface area (Å²) in [7, 11) is 1.64. The second-order valence-electron chi connectivity index (χ2n) is 11.3. The lowest BCUT2D eigenvalue weighted by molar-refractivity contribution is -0.141. The Balaban J connectivity index is 1.39. The van der Waals surface area contributed by atoms with E-state index < -0.39 is 24.0 Å². The smallest absolute Gasteiger partial charge is 0.243 e. The molecule has 2 heterocycles.